The van der Waals surface area contributed by atoms with Crippen molar-refractivity contribution >= 4 is 28.6 Å². The molecule has 0 aliphatic heterocycles. The molecule has 4 nitrogen and oxygen atoms in total. The number of nitrogens with one attached hydrogen (secondary N) is 1. The smallest absolute Gasteiger partial charge is 0.266 e. The zero-order valence-electron chi connectivity index (χ0n) is 14.1. The SMILES string of the molecule is Cc1ccc(C=C(C#N)C(=O)Nc2cccc3ncccc23)c(C)c1. The Balaban J connectivity index is 1.93. The van der Waals surface area contributed by atoms with Crippen LogP contribution >= 0.6 is 0 Å². The maximum Gasteiger partial charge on any atom is 0.266 e. The Labute approximate surface area is 146 Å². The minimum absolute atomic E-state index is 0.0628. The number of carbonyl (C=O) groups excluding carboxylic acids is 1. The monoisotopic (exact) mass is 327 g/mol. The number of fused-ring (bicyclic) bond motifs is 1. The Bertz CT molecular complexity index is 1020. The summed E-state index contributed by atoms with van der Waals surface area (Å²) in [7, 11) is 0. The van der Waals surface area contributed by atoms with Gasteiger partial charge in [0.15, 0.2) is 0 Å². The highest BCUT2D eigenvalue weighted by Crippen LogP contribution is 2.22. The summed E-state index contributed by atoms with van der Waals surface area (Å²) < 4.78 is 0. The van der Waals surface area contributed by atoms with Crippen LogP contribution in [0.15, 0.2) is 60.3 Å². The predicted molar refractivity (Wildman–Crippen MR) is 99.9 cm³/mol. The molecule has 4 heteroatoms. The van der Waals surface area contributed by atoms with Crippen molar-refractivity contribution in [3.8, 4) is 6.07 Å². The van der Waals surface area contributed by atoms with Crippen LogP contribution in [0, 0.1) is 25.2 Å². The standard InChI is InChI=1S/C21H17N3O/c1-14-8-9-16(15(2)11-14)12-17(13-22)21(25)24-20-7-3-6-19-18(20)5-4-10-23-19/h3-12H,1-2H3,(H,24,25). The van der Waals surface area contributed by atoms with Crippen LogP contribution in [0.3, 0.4) is 0 Å². The van der Waals surface area contributed by atoms with Crippen LogP contribution in [-0.4, -0.2) is 10.9 Å². The lowest BCUT2D eigenvalue weighted by Gasteiger charge is -2.08. The lowest BCUT2D eigenvalue weighted by molar-refractivity contribution is -0.112. The van der Waals surface area contributed by atoms with Crippen molar-refractivity contribution in [1.29, 1.82) is 5.26 Å². The van der Waals surface area contributed by atoms with Crippen LogP contribution < -0.4 is 5.32 Å². The molecule has 122 valence electrons. The molecule has 0 unspecified atom stereocenters. The van der Waals surface area contributed by atoms with E-state index >= 15 is 0 Å². The van der Waals surface area contributed by atoms with Gasteiger partial charge in [-0.3, -0.25) is 9.78 Å². The summed E-state index contributed by atoms with van der Waals surface area (Å²) in [5, 5.41) is 13.1. The normalized spacial score (nSPS) is 11.2. The number of carbonyl (C=O) groups is 1. The summed E-state index contributed by atoms with van der Waals surface area (Å²) in [5.74, 6) is -0.432. The predicted octanol–water partition coefficient (Wildman–Crippen LogP) is 4.40. The summed E-state index contributed by atoms with van der Waals surface area (Å²) in [5.41, 5.74) is 4.51. The number of rotatable bonds is 3. The number of hydrogen-bond acceptors (Lipinski definition) is 3. The number of nitriles is 1. The Morgan fingerprint density at radius 1 is 1.16 bits per heavy atom. The molecule has 0 saturated carbocycles. The van der Waals surface area contributed by atoms with Gasteiger partial charge in [0.25, 0.3) is 5.91 Å². The summed E-state index contributed by atoms with van der Waals surface area (Å²) in [4.78, 5) is 16.8. The van der Waals surface area contributed by atoms with Crippen molar-refractivity contribution in [3.63, 3.8) is 0 Å². The average molecular weight is 327 g/mol. The molecule has 2 aromatic carbocycles. The largest absolute Gasteiger partial charge is 0.321 e. The van der Waals surface area contributed by atoms with E-state index in [1.807, 2.05) is 62.4 Å². The first-order valence-electron chi connectivity index (χ1n) is 7.92. The van der Waals surface area contributed by atoms with Crippen LogP contribution in [0.5, 0.6) is 0 Å². The summed E-state index contributed by atoms with van der Waals surface area (Å²) in [6.45, 7) is 3.97. The third-order valence-electron chi connectivity index (χ3n) is 3.98. The van der Waals surface area contributed by atoms with Gasteiger partial charge < -0.3 is 5.32 Å². The number of aryl methyl sites for hydroxylation is 2. The Hall–Kier alpha value is -3.45. The number of aromatic nitrogens is 1. The number of anilines is 1. The molecule has 1 heterocycles. The molecule has 0 aliphatic rings. The minimum atomic E-state index is -0.432. The molecule has 0 radical (unpaired) electrons. The zero-order valence-corrected chi connectivity index (χ0v) is 14.1. The number of nitrogens with zero attached hydrogens (tertiary/aromatic N) is 2. The maximum atomic E-state index is 12.5. The van der Waals surface area contributed by atoms with Crippen molar-refractivity contribution in [2.45, 2.75) is 13.8 Å². The number of benzene rings is 2. The van der Waals surface area contributed by atoms with Crippen LogP contribution in [0.1, 0.15) is 16.7 Å². The van der Waals surface area contributed by atoms with E-state index in [-0.39, 0.29) is 5.57 Å². The summed E-state index contributed by atoms with van der Waals surface area (Å²) in [6, 6.07) is 17.1. The van der Waals surface area contributed by atoms with Gasteiger partial charge in [0.05, 0.1) is 11.2 Å². The molecule has 25 heavy (non-hydrogen) atoms. The summed E-state index contributed by atoms with van der Waals surface area (Å²) in [6.07, 6.45) is 3.32. The molecule has 1 amide bonds. The van der Waals surface area contributed by atoms with Crippen molar-refractivity contribution in [1.82, 2.24) is 4.98 Å². The van der Waals surface area contributed by atoms with Crippen LogP contribution in [0.25, 0.3) is 17.0 Å². The zero-order chi connectivity index (χ0) is 17.8. The van der Waals surface area contributed by atoms with E-state index in [4.69, 9.17) is 0 Å². The molecular weight excluding hydrogens is 310 g/mol. The van der Waals surface area contributed by atoms with Gasteiger partial charge >= 0.3 is 0 Å². The fourth-order valence-corrected chi connectivity index (χ4v) is 2.69. The molecule has 1 N–H and O–H groups in total. The molecule has 0 saturated heterocycles. The number of amides is 1. The summed E-state index contributed by atoms with van der Waals surface area (Å²) >= 11 is 0. The molecule has 3 aromatic rings. The fraction of sp³-hybridized carbons (Fsp3) is 0.0952. The lowest BCUT2D eigenvalue weighted by atomic mass is 10.0. The second-order valence-corrected chi connectivity index (χ2v) is 5.86. The lowest BCUT2D eigenvalue weighted by Crippen LogP contribution is -2.13. The van der Waals surface area contributed by atoms with E-state index in [0.29, 0.717) is 5.69 Å². The molecule has 0 aliphatic carbocycles. The molecule has 0 fully saturated rings. The Morgan fingerprint density at radius 3 is 2.76 bits per heavy atom. The van der Waals surface area contributed by atoms with Crippen LogP contribution in [-0.2, 0) is 4.79 Å². The average Bonchev–Trinajstić information content (AvgIpc) is 2.61. The highest BCUT2D eigenvalue weighted by atomic mass is 16.1. The highest BCUT2D eigenvalue weighted by molar-refractivity contribution is 6.12. The van der Waals surface area contributed by atoms with Gasteiger partial charge in [-0.1, -0.05) is 29.8 Å². The quantitative estimate of drug-likeness (QED) is 0.573. The second kappa shape index (κ2) is 6.98. The van der Waals surface area contributed by atoms with Gasteiger partial charge in [-0.05, 0) is 55.3 Å². The van der Waals surface area contributed by atoms with Crippen molar-refractivity contribution in [2.75, 3.05) is 5.32 Å². The first kappa shape index (κ1) is 16.4. The van der Waals surface area contributed by atoms with E-state index in [0.717, 1.165) is 27.6 Å². The van der Waals surface area contributed by atoms with Crippen molar-refractivity contribution in [2.24, 2.45) is 0 Å². The fourth-order valence-electron chi connectivity index (χ4n) is 2.69. The van der Waals surface area contributed by atoms with Gasteiger partial charge in [-0.25, -0.2) is 0 Å². The van der Waals surface area contributed by atoms with Gasteiger partial charge in [0, 0.05) is 11.6 Å². The van der Waals surface area contributed by atoms with E-state index in [9.17, 15) is 10.1 Å². The highest BCUT2D eigenvalue weighted by Gasteiger charge is 2.12. The van der Waals surface area contributed by atoms with Crippen LogP contribution in [0.2, 0.25) is 0 Å². The van der Waals surface area contributed by atoms with Crippen molar-refractivity contribution in [3.05, 3.63) is 77.0 Å². The van der Waals surface area contributed by atoms with Gasteiger partial charge in [-0.15, -0.1) is 0 Å². The third kappa shape index (κ3) is 3.56. The molecule has 0 spiro atoms. The Kier molecular flexibility index (Phi) is 4.58. The maximum absolute atomic E-state index is 12.5. The van der Waals surface area contributed by atoms with Gasteiger partial charge in [0.2, 0.25) is 0 Å². The number of hydrogen-bond donors (Lipinski definition) is 1. The van der Waals surface area contributed by atoms with E-state index in [2.05, 4.69) is 10.3 Å². The number of pyridine rings is 1. The third-order valence-corrected chi connectivity index (χ3v) is 3.98. The van der Waals surface area contributed by atoms with Crippen molar-refractivity contribution < 1.29 is 4.79 Å². The second-order valence-electron chi connectivity index (χ2n) is 5.86. The Morgan fingerprint density at radius 2 is 2.00 bits per heavy atom. The van der Waals surface area contributed by atoms with Gasteiger partial charge in [0.1, 0.15) is 11.6 Å². The topological polar surface area (TPSA) is 65.8 Å². The van der Waals surface area contributed by atoms with E-state index in [1.54, 1.807) is 18.3 Å². The molecule has 1 aromatic heterocycles. The molecule has 0 bridgehead atoms. The molecule has 0 atom stereocenters. The van der Waals surface area contributed by atoms with Crippen LogP contribution in [0.4, 0.5) is 5.69 Å². The minimum Gasteiger partial charge on any atom is -0.321 e. The first-order chi connectivity index (χ1) is 12.1. The molecule has 3 rings (SSSR count). The van der Waals surface area contributed by atoms with Gasteiger partial charge in [-0.2, -0.15) is 5.26 Å². The van der Waals surface area contributed by atoms with E-state index in [1.165, 1.54) is 0 Å². The van der Waals surface area contributed by atoms with E-state index < -0.39 is 5.91 Å². The first-order valence-corrected chi connectivity index (χ1v) is 7.92. The molecular formula is C21H17N3O.